The number of hydrogen-bond donors (Lipinski definition) is 1. The summed E-state index contributed by atoms with van der Waals surface area (Å²) in [6, 6.07) is 0. The molecule has 0 amide bonds. The van der Waals surface area contributed by atoms with E-state index in [9.17, 15) is 0 Å². The maximum absolute atomic E-state index is 4.02. The van der Waals surface area contributed by atoms with E-state index in [0.29, 0.717) is 0 Å². The number of nitrogens with one attached hydrogen (secondary N) is 1. The molecule has 3 nitrogen and oxygen atoms in total. The van der Waals surface area contributed by atoms with Crippen molar-refractivity contribution < 1.29 is 0 Å². The Hall–Kier alpha value is -0.570. The maximum Gasteiger partial charge on any atom is 0.0993 e. The zero-order chi connectivity index (χ0) is 5.82. The first-order chi connectivity index (χ1) is 3.93. The number of hydrogen-bond acceptors (Lipinski definition) is 3. The molecule has 0 saturated carbocycles. The summed E-state index contributed by atoms with van der Waals surface area (Å²) in [5, 5.41) is 2.00. The molecule has 1 aliphatic heterocycles. The summed E-state index contributed by atoms with van der Waals surface area (Å²) in [5.74, 6) is 0. The first-order valence-corrected chi connectivity index (χ1v) is 2.93. The van der Waals surface area contributed by atoms with Gasteiger partial charge in [-0.15, -0.1) is 0 Å². The second-order valence-electron chi connectivity index (χ2n) is 1.73. The van der Waals surface area contributed by atoms with Crippen molar-refractivity contribution in [1.29, 1.82) is 0 Å². The van der Waals surface area contributed by atoms with Crippen molar-refractivity contribution in [3.05, 3.63) is 0 Å². The first-order valence-electron chi connectivity index (χ1n) is 2.93. The van der Waals surface area contributed by atoms with Gasteiger partial charge in [0.25, 0.3) is 0 Å². The Kier molecular flexibility index (Phi) is 1.86. The van der Waals surface area contributed by atoms with Crippen molar-refractivity contribution in [3.8, 4) is 0 Å². The third kappa shape index (κ3) is 1.20. The Morgan fingerprint density at radius 1 is 1.88 bits per heavy atom. The molecule has 1 rings (SSSR count). The molecule has 0 spiro atoms. The van der Waals surface area contributed by atoms with Crippen molar-refractivity contribution in [3.63, 3.8) is 0 Å². The van der Waals surface area contributed by atoms with Gasteiger partial charge in [-0.1, -0.05) is 6.92 Å². The minimum absolute atomic E-state index is 0.938. The van der Waals surface area contributed by atoms with Gasteiger partial charge in [-0.2, -0.15) is 0 Å². The van der Waals surface area contributed by atoms with Gasteiger partial charge < -0.3 is 0 Å². The summed E-state index contributed by atoms with van der Waals surface area (Å²) >= 11 is 0. The second-order valence-corrected chi connectivity index (χ2v) is 1.73. The fourth-order valence-corrected chi connectivity index (χ4v) is 0.702. The van der Waals surface area contributed by atoms with E-state index in [0.717, 1.165) is 19.6 Å². The smallest absolute Gasteiger partial charge is 0.0993 e. The third-order valence-electron chi connectivity index (χ3n) is 1.05. The minimum atomic E-state index is 0.938. The van der Waals surface area contributed by atoms with Crippen molar-refractivity contribution in [2.75, 3.05) is 19.6 Å². The fourth-order valence-electron chi connectivity index (χ4n) is 0.702. The molecule has 1 N–H and O–H groups in total. The summed E-state index contributed by atoms with van der Waals surface area (Å²) in [6.07, 6.45) is 1.84. The van der Waals surface area contributed by atoms with Gasteiger partial charge in [0.15, 0.2) is 0 Å². The lowest BCUT2D eigenvalue weighted by atomic mass is 10.7. The summed E-state index contributed by atoms with van der Waals surface area (Å²) in [4.78, 5) is 4.02. The molecular formula is C5H11N3. The summed E-state index contributed by atoms with van der Waals surface area (Å²) in [6.45, 7) is 5.01. The topological polar surface area (TPSA) is 27.6 Å². The Morgan fingerprint density at radius 2 is 2.75 bits per heavy atom. The Labute approximate surface area is 49.4 Å². The molecule has 8 heavy (non-hydrogen) atoms. The van der Waals surface area contributed by atoms with Crippen molar-refractivity contribution >= 4 is 6.34 Å². The van der Waals surface area contributed by atoms with Crippen LogP contribution in [0, 0.1) is 0 Å². The van der Waals surface area contributed by atoms with Crippen LogP contribution in [-0.4, -0.2) is 31.0 Å². The lowest BCUT2D eigenvalue weighted by Gasteiger charge is -2.12. The van der Waals surface area contributed by atoms with Gasteiger partial charge in [0.05, 0.1) is 19.4 Å². The van der Waals surface area contributed by atoms with Crippen LogP contribution in [0.3, 0.4) is 0 Å². The van der Waals surface area contributed by atoms with E-state index in [1.165, 1.54) is 0 Å². The number of nitrogens with zero attached hydrogens (tertiary/aromatic N) is 2. The Morgan fingerprint density at radius 3 is 3.25 bits per heavy atom. The highest BCUT2D eigenvalue weighted by atomic mass is 15.5. The largest absolute Gasteiger partial charge is 0.297 e. The van der Waals surface area contributed by atoms with Crippen LogP contribution in [0.15, 0.2) is 4.99 Å². The number of hydrazine groups is 1. The van der Waals surface area contributed by atoms with E-state index >= 15 is 0 Å². The standard InChI is InChI=1S/C5H11N3/c1-2-7-8-4-3-6-5-8/h5,7H,2-4H2,1H3. The molecule has 1 heterocycles. The molecule has 0 saturated heterocycles. The quantitative estimate of drug-likeness (QED) is 0.539. The van der Waals surface area contributed by atoms with Gasteiger partial charge in [-0.05, 0) is 0 Å². The second kappa shape index (κ2) is 2.67. The van der Waals surface area contributed by atoms with Crippen LogP contribution in [0.25, 0.3) is 0 Å². The molecule has 46 valence electrons. The van der Waals surface area contributed by atoms with Crippen LogP contribution in [-0.2, 0) is 0 Å². The van der Waals surface area contributed by atoms with Crippen LogP contribution in [0.1, 0.15) is 6.92 Å². The molecule has 0 fully saturated rings. The van der Waals surface area contributed by atoms with Gasteiger partial charge >= 0.3 is 0 Å². The average Bonchev–Trinajstić information content (AvgIpc) is 2.19. The predicted molar refractivity (Wildman–Crippen MR) is 33.7 cm³/mol. The highest BCUT2D eigenvalue weighted by Crippen LogP contribution is 1.85. The summed E-state index contributed by atoms with van der Waals surface area (Å²) in [7, 11) is 0. The van der Waals surface area contributed by atoms with E-state index in [4.69, 9.17) is 0 Å². The predicted octanol–water partition coefficient (Wildman–Crippen LogP) is -0.145. The van der Waals surface area contributed by atoms with Crippen molar-refractivity contribution in [2.24, 2.45) is 4.99 Å². The van der Waals surface area contributed by atoms with E-state index in [2.05, 4.69) is 17.3 Å². The zero-order valence-corrected chi connectivity index (χ0v) is 5.09. The Balaban J connectivity index is 2.16. The number of aliphatic imine (C=N–C) groups is 1. The summed E-state index contributed by atoms with van der Waals surface area (Å²) < 4.78 is 0. The molecule has 0 radical (unpaired) electrons. The van der Waals surface area contributed by atoms with E-state index < -0.39 is 0 Å². The molecule has 0 aromatic heterocycles. The monoisotopic (exact) mass is 113 g/mol. The molecule has 0 aromatic rings. The molecule has 0 aliphatic carbocycles. The van der Waals surface area contributed by atoms with E-state index in [-0.39, 0.29) is 0 Å². The van der Waals surface area contributed by atoms with Crippen LogP contribution >= 0.6 is 0 Å². The summed E-state index contributed by atoms with van der Waals surface area (Å²) in [5.41, 5.74) is 3.13. The van der Waals surface area contributed by atoms with Gasteiger partial charge in [-0.25, -0.2) is 5.43 Å². The normalized spacial score (nSPS) is 17.9. The highest BCUT2D eigenvalue weighted by molar-refractivity contribution is 5.56. The van der Waals surface area contributed by atoms with Crippen LogP contribution in [0.5, 0.6) is 0 Å². The SMILES string of the molecule is CCNN1C=NCC1. The van der Waals surface area contributed by atoms with Gasteiger partial charge in [-0.3, -0.25) is 10.0 Å². The van der Waals surface area contributed by atoms with E-state index in [1.54, 1.807) is 0 Å². The van der Waals surface area contributed by atoms with E-state index in [1.807, 2.05) is 11.3 Å². The molecule has 0 aromatic carbocycles. The van der Waals surface area contributed by atoms with Gasteiger partial charge in [0.1, 0.15) is 0 Å². The molecule has 0 bridgehead atoms. The fraction of sp³-hybridized carbons (Fsp3) is 0.800. The van der Waals surface area contributed by atoms with Gasteiger partial charge in [0, 0.05) is 6.54 Å². The zero-order valence-electron chi connectivity index (χ0n) is 5.09. The lowest BCUT2D eigenvalue weighted by molar-refractivity contribution is 0.353. The molecule has 1 aliphatic rings. The number of rotatable bonds is 2. The van der Waals surface area contributed by atoms with Crippen molar-refractivity contribution in [2.45, 2.75) is 6.92 Å². The third-order valence-corrected chi connectivity index (χ3v) is 1.05. The molecule has 3 heteroatoms. The van der Waals surface area contributed by atoms with Crippen LogP contribution in [0.4, 0.5) is 0 Å². The van der Waals surface area contributed by atoms with Crippen molar-refractivity contribution in [1.82, 2.24) is 10.4 Å². The molecule has 0 unspecified atom stereocenters. The Bertz CT molecular complexity index is 89.7. The minimum Gasteiger partial charge on any atom is -0.297 e. The lowest BCUT2D eigenvalue weighted by Crippen LogP contribution is -2.34. The molecule has 0 atom stereocenters. The average molecular weight is 113 g/mol. The highest BCUT2D eigenvalue weighted by Gasteiger charge is 2.00. The van der Waals surface area contributed by atoms with Crippen LogP contribution < -0.4 is 5.43 Å². The van der Waals surface area contributed by atoms with Crippen LogP contribution in [0.2, 0.25) is 0 Å². The molecular weight excluding hydrogens is 102 g/mol. The first kappa shape index (κ1) is 5.56. The maximum atomic E-state index is 4.02. The van der Waals surface area contributed by atoms with Gasteiger partial charge in [0.2, 0.25) is 0 Å².